The molecule has 1 aromatic carbocycles. The van der Waals surface area contributed by atoms with Gasteiger partial charge in [-0.05, 0) is 68.5 Å². The maximum atomic E-state index is 6.08. The molecule has 0 spiro atoms. The lowest BCUT2D eigenvalue weighted by molar-refractivity contribution is 0.151. The first-order valence-electron chi connectivity index (χ1n) is 7.24. The molecule has 1 aromatic heterocycles. The summed E-state index contributed by atoms with van der Waals surface area (Å²) < 4.78 is 11.7. The molecule has 0 saturated carbocycles. The van der Waals surface area contributed by atoms with Gasteiger partial charge < -0.3 is 14.9 Å². The van der Waals surface area contributed by atoms with Crippen LogP contribution >= 0.6 is 0 Å². The Bertz CT molecular complexity index is 601. The summed E-state index contributed by atoms with van der Waals surface area (Å²) in [5, 5.41) is 0. The van der Waals surface area contributed by atoms with Gasteiger partial charge in [-0.3, -0.25) is 0 Å². The summed E-state index contributed by atoms with van der Waals surface area (Å²) in [6, 6.07) is 10.1. The summed E-state index contributed by atoms with van der Waals surface area (Å²) in [4.78, 5) is 0. The summed E-state index contributed by atoms with van der Waals surface area (Å²) in [5.41, 5.74) is 8.91. The molecule has 1 aliphatic carbocycles. The Kier molecular flexibility index (Phi) is 3.53. The summed E-state index contributed by atoms with van der Waals surface area (Å²) >= 11 is 0. The van der Waals surface area contributed by atoms with E-state index in [1.165, 1.54) is 24.0 Å². The number of furan rings is 1. The predicted molar refractivity (Wildman–Crippen MR) is 78.9 cm³/mol. The van der Waals surface area contributed by atoms with Crippen molar-refractivity contribution in [3.63, 3.8) is 0 Å². The fraction of sp³-hybridized carbons (Fsp3) is 0.412. The number of benzene rings is 1. The van der Waals surface area contributed by atoms with Gasteiger partial charge in [-0.2, -0.15) is 0 Å². The summed E-state index contributed by atoms with van der Waals surface area (Å²) in [5.74, 6) is 2.54. The van der Waals surface area contributed by atoms with Crippen LogP contribution in [-0.4, -0.2) is 6.04 Å². The highest BCUT2D eigenvalue weighted by atomic mass is 16.5. The van der Waals surface area contributed by atoms with E-state index < -0.39 is 0 Å². The second-order valence-electron chi connectivity index (χ2n) is 5.63. The lowest BCUT2D eigenvalue weighted by Gasteiger charge is -2.21. The third kappa shape index (κ3) is 2.59. The van der Waals surface area contributed by atoms with Crippen LogP contribution < -0.4 is 10.5 Å². The Hall–Kier alpha value is -1.74. The molecule has 1 heterocycles. The van der Waals surface area contributed by atoms with E-state index in [0.717, 1.165) is 23.7 Å². The van der Waals surface area contributed by atoms with Crippen LogP contribution in [0.2, 0.25) is 0 Å². The second-order valence-corrected chi connectivity index (χ2v) is 5.63. The van der Waals surface area contributed by atoms with E-state index >= 15 is 0 Å². The van der Waals surface area contributed by atoms with Crippen LogP contribution in [0.4, 0.5) is 0 Å². The molecule has 20 heavy (non-hydrogen) atoms. The van der Waals surface area contributed by atoms with Gasteiger partial charge in [0, 0.05) is 6.04 Å². The maximum absolute atomic E-state index is 6.08. The van der Waals surface area contributed by atoms with Gasteiger partial charge in [-0.25, -0.2) is 0 Å². The van der Waals surface area contributed by atoms with Crippen LogP contribution in [0.1, 0.15) is 42.1 Å². The zero-order valence-corrected chi connectivity index (χ0v) is 12.1. The highest BCUT2D eigenvalue weighted by molar-refractivity contribution is 5.38. The van der Waals surface area contributed by atoms with Crippen molar-refractivity contribution in [2.24, 2.45) is 5.73 Å². The number of ether oxygens (including phenoxy) is 1. The van der Waals surface area contributed by atoms with Crippen molar-refractivity contribution in [3.8, 4) is 5.75 Å². The third-order valence-electron chi connectivity index (χ3n) is 3.85. The molecule has 0 amide bonds. The van der Waals surface area contributed by atoms with Crippen LogP contribution in [0, 0.1) is 6.92 Å². The van der Waals surface area contributed by atoms with Crippen molar-refractivity contribution in [3.05, 3.63) is 53.0 Å². The van der Waals surface area contributed by atoms with E-state index in [2.05, 4.69) is 12.1 Å². The zero-order valence-electron chi connectivity index (χ0n) is 12.1. The number of hydrogen-bond acceptors (Lipinski definition) is 3. The molecule has 2 N–H and O–H groups in total. The standard InChI is InChI=1S/C17H21NO2/c1-11-6-9-16(19-11)17(12(2)18)20-15-8-7-13-4-3-5-14(13)10-15/h6-10,12,17H,3-5,18H2,1-2H3. The summed E-state index contributed by atoms with van der Waals surface area (Å²) in [6.45, 7) is 3.87. The fourth-order valence-electron chi connectivity index (χ4n) is 2.80. The van der Waals surface area contributed by atoms with Crippen molar-refractivity contribution < 1.29 is 9.15 Å². The Labute approximate surface area is 119 Å². The van der Waals surface area contributed by atoms with Gasteiger partial charge in [0.2, 0.25) is 0 Å². The third-order valence-corrected chi connectivity index (χ3v) is 3.85. The lowest BCUT2D eigenvalue weighted by Crippen LogP contribution is -2.28. The minimum Gasteiger partial charge on any atom is -0.481 e. The van der Waals surface area contributed by atoms with E-state index in [1.54, 1.807) is 0 Å². The number of aryl methyl sites for hydroxylation is 3. The minimum absolute atomic E-state index is 0.131. The van der Waals surface area contributed by atoms with Gasteiger partial charge in [-0.1, -0.05) is 6.07 Å². The summed E-state index contributed by atoms with van der Waals surface area (Å²) in [6.07, 6.45) is 3.33. The van der Waals surface area contributed by atoms with Gasteiger partial charge in [-0.15, -0.1) is 0 Å². The van der Waals surface area contributed by atoms with Crippen LogP contribution in [0.25, 0.3) is 0 Å². The molecule has 0 radical (unpaired) electrons. The highest BCUT2D eigenvalue weighted by Gasteiger charge is 2.22. The monoisotopic (exact) mass is 271 g/mol. The predicted octanol–water partition coefficient (Wildman–Crippen LogP) is 3.54. The largest absolute Gasteiger partial charge is 0.481 e. The second kappa shape index (κ2) is 5.33. The first-order valence-corrected chi connectivity index (χ1v) is 7.24. The highest BCUT2D eigenvalue weighted by Crippen LogP contribution is 2.30. The molecular weight excluding hydrogens is 250 g/mol. The number of fused-ring (bicyclic) bond motifs is 1. The first kappa shape index (κ1) is 13.3. The molecular formula is C17H21NO2. The molecule has 0 fully saturated rings. The molecule has 0 saturated heterocycles. The topological polar surface area (TPSA) is 48.4 Å². The number of hydrogen-bond donors (Lipinski definition) is 1. The summed E-state index contributed by atoms with van der Waals surface area (Å²) in [7, 11) is 0. The average Bonchev–Trinajstić information content (AvgIpc) is 3.03. The van der Waals surface area contributed by atoms with Crippen molar-refractivity contribution >= 4 is 0 Å². The Balaban J connectivity index is 1.83. The molecule has 2 aromatic rings. The van der Waals surface area contributed by atoms with Crippen molar-refractivity contribution in [2.45, 2.75) is 45.3 Å². The van der Waals surface area contributed by atoms with E-state index in [9.17, 15) is 0 Å². The molecule has 0 bridgehead atoms. The van der Waals surface area contributed by atoms with Crippen molar-refractivity contribution in [1.29, 1.82) is 0 Å². The maximum Gasteiger partial charge on any atom is 0.171 e. The Morgan fingerprint density at radius 1 is 1.15 bits per heavy atom. The molecule has 3 rings (SSSR count). The molecule has 3 heteroatoms. The number of nitrogens with two attached hydrogens (primary N) is 1. The molecule has 2 atom stereocenters. The Morgan fingerprint density at radius 3 is 2.65 bits per heavy atom. The van der Waals surface area contributed by atoms with E-state index in [4.69, 9.17) is 14.9 Å². The lowest BCUT2D eigenvalue weighted by atomic mass is 10.1. The van der Waals surface area contributed by atoms with Gasteiger partial charge in [0.15, 0.2) is 6.10 Å². The first-order chi connectivity index (χ1) is 9.63. The Morgan fingerprint density at radius 2 is 1.95 bits per heavy atom. The molecule has 3 nitrogen and oxygen atoms in total. The quantitative estimate of drug-likeness (QED) is 0.925. The normalized spacial score (nSPS) is 16.8. The van der Waals surface area contributed by atoms with Gasteiger partial charge >= 0.3 is 0 Å². The van der Waals surface area contributed by atoms with Crippen LogP contribution in [0.3, 0.4) is 0 Å². The minimum atomic E-state index is -0.247. The van der Waals surface area contributed by atoms with Crippen LogP contribution in [-0.2, 0) is 12.8 Å². The zero-order chi connectivity index (χ0) is 14.1. The van der Waals surface area contributed by atoms with E-state index in [0.29, 0.717) is 0 Å². The van der Waals surface area contributed by atoms with Crippen molar-refractivity contribution in [1.82, 2.24) is 0 Å². The van der Waals surface area contributed by atoms with Gasteiger partial charge in [0.05, 0.1) is 0 Å². The molecule has 0 aliphatic heterocycles. The van der Waals surface area contributed by atoms with E-state index in [-0.39, 0.29) is 12.1 Å². The van der Waals surface area contributed by atoms with Crippen molar-refractivity contribution in [2.75, 3.05) is 0 Å². The van der Waals surface area contributed by atoms with Crippen LogP contribution in [0.15, 0.2) is 34.7 Å². The fourth-order valence-corrected chi connectivity index (χ4v) is 2.80. The smallest absolute Gasteiger partial charge is 0.171 e. The number of rotatable bonds is 4. The average molecular weight is 271 g/mol. The van der Waals surface area contributed by atoms with Crippen LogP contribution in [0.5, 0.6) is 5.75 Å². The molecule has 2 unspecified atom stereocenters. The molecule has 106 valence electrons. The molecule has 1 aliphatic rings. The van der Waals surface area contributed by atoms with Gasteiger partial charge in [0.25, 0.3) is 0 Å². The van der Waals surface area contributed by atoms with E-state index in [1.807, 2.05) is 32.0 Å². The SMILES string of the molecule is Cc1ccc(C(Oc2ccc3c(c2)CCC3)C(C)N)o1. The van der Waals surface area contributed by atoms with Gasteiger partial charge in [0.1, 0.15) is 17.3 Å².